The fourth-order valence-corrected chi connectivity index (χ4v) is 2.15. The number of carbonyl (C=O) groups excluding carboxylic acids is 1. The van der Waals surface area contributed by atoms with Gasteiger partial charge in [-0.25, -0.2) is 8.78 Å². The Hall–Kier alpha value is -3.06. The second-order valence-electron chi connectivity index (χ2n) is 5.02. The Kier molecular flexibility index (Phi) is 4.85. The van der Waals surface area contributed by atoms with E-state index in [0.29, 0.717) is 17.2 Å². The molecule has 3 aromatic rings. The van der Waals surface area contributed by atoms with E-state index in [1.54, 1.807) is 18.2 Å². The van der Waals surface area contributed by atoms with Crippen LogP contribution in [0, 0.1) is 11.6 Å². The number of nitrogens with one attached hydrogen (secondary N) is 2. The summed E-state index contributed by atoms with van der Waals surface area (Å²) < 4.78 is 26.0. The fraction of sp³-hybridized carbons (Fsp3) is 0. The Balaban J connectivity index is 1.67. The zero-order valence-electron chi connectivity index (χ0n) is 12.6. The van der Waals surface area contributed by atoms with Crippen molar-refractivity contribution in [1.82, 2.24) is 10.2 Å². The maximum Gasteiger partial charge on any atom is 0.276 e. The molecule has 0 radical (unpaired) electrons. The van der Waals surface area contributed by atoms with Crippen LogP contribution in [-0.2, 0) is 0 Å². The first-order chi connectivity index (χ1) is 12.0. The molecule has 0 aliphatic carbocycles. The van der Waals surface area contributed by atoms with Gasteiger partial charge >= 0.3 is 0 Å². The van der Waals surface area contributed by atoms with Crippen molar-refractivity contribution in [2.45, 2.75) is 0 Å². The number of amides is 1. The van der Waals surface area contributed by atoms with E-state index in [9.17, 15) is 13.6 Å². The van der Waals surface area contributed by atoms with Crippen LogP contribution in [0.2, 0.25) is 5.02 Å². The molecule has 0 aliphatic heterocycles. The molecule has 0 spiro atoms. The first-order valence-corrected chi connectivity index (χ1v) is 7.52. The van der Waals surface area contributed by atoms with Crippen molar-refractivity contribution in [3.63, 3.8) is 0 Å². The first kappa shape index (κ1) is 16.8. The van der Waals surface area contributed by atoms with E-state index in [0.717, 1.165) is 6.07 Å². The van der Waals surface area contributed by atoms with Gasteiger partial charge in [0.15, 0.2) is 11.5 Å². The van der Waals surface area contributed by atoms with E-state index < -0.39 is 11.7 Å². The molecule has 0 unspecified atom stereocenters. The molecule has 5 nitrogen and oxygen atoms in total. The van der Waals surface area contributed by atoms with Crippen LogP contribution < -0.4 is 10.6 Å². The van der Waals surface area contributed by atoms with Gasteiger partial charge in [-0.3, -0.25) is 4.79 Å². The average molecular weight is 361 g/mol. The molecule has 1 aromatic heterocycles. The zero-order valence-corrected chi connectivity index (χ0v) is 13.4. The second-order valence-corrected chi connectivity index (χ2v) is 5.43. The van der Waals surface area contributed by atoms with Gasteiger partial charge in [-0.15, -0.1) is 10.2 Å². The minimum atomic E-state index is -0.573. The topological polar surface area (TPSA) is 66.9 Å². The van der Waals surface area contributed by atoms with Crippen LogP contribution >= 0.6 is 11.6 Å². The highest BCUT2D eigenvalue weighted by molar-refractivity contribution is 6.31. The molecule has 8 heteroatoms. The number of benzene rings is 2. The number of rotatable bonds is 4. The summed E-state index contributed by atoms with van der Waals surface area (Å²) in [6.45, 7) is 0. The van der Waals surface area contributed by atoms with Gasteiger partial charge in [0.1, 0.15) is 11.6 Å². The summed E-state index contributed by atoms with van der Waals surface area (Å²) in [5, 5.41) is 13.1. The molecule has 0 bridgehead atoms. The van der Waals surface area contributed by atoms with Crippen LogP contribution in [0.1, 0.15) is 10.5 Å². The molecule has 1 amide bonds. The van der Waals surface area contributed by atoms with Crippen molar-refractivity contribution >= 4 is 34.7 Å². The lowest BCUT2D eigenvalue weighted by atomic mass is 10.3. The molecule has 126 valence electrons. The van der Waals surface area contributed by atoms with Gasteiger partial charge in [0.25, 0.3) is 5.91 Å². The molecule has 2 aromatic carbocycles. The van der Waals surface area contributed by atoms with Crippen LogP contribution in [0.15, 0.2) is 54.6 Å². The highest BCUT2D eigenvalue weighted by Crippen LogP contribution is 2.20. The summed E-state index contributed by atoms with van der Waals surface area (Å²) in [5.41, 5.74) is 1.05. The van der Waals surface area contributed by atoms with Gasteiger partial charge in [-0.2, -0.15) is 0 Å². The molecule has 0 saturated carbocycles. The van der Waals surface area contributed by atoms with E-state index in [4.69, 9.17) is 11.6 Å². The lowest BCUT2D eigenvalue weighted by Crippen LogP contribution is -2.14. The van der Waals surface area contributed by atoms with E-state index in [2.05, 4.69) is 20.8 Å². The molecule has 0 atom stereocenters. The quantitative estimate of drug-likeness (QED) is 0.723. The Morgan fingerprint density at radius 1 is 0.920 bits per heavy atom. The number of hydrogen-bond acceptors (Lipinski definition) is 4. The van der Waals surface area contributed by atoms with Crippen LogP contribution in [0.5, 0.6) is 0 Å². The molecular weight excluding hydrogens is 350 g/mol. The normalized spacial score (nSPS) is 10.4. The highest BCUT2D eigenvalue weighted by Gasteiger charge is 2.10. The molecule has 3 rings (SSSR count). The molecule has 0 fully saturated rings. The van der Waals surface area contributed by atoms with Gasteiger partial charge in [0.05, 0.1) is 5.02 Å². The summed E-state index contributed by atoms with van der Waals surface area (Å²) >= 11 is 5.66. The minimum Gasteiger partial charge on any atom is -0.339 e. The second kappa shape index (κ2) is 7.23. The third kappa shape index (κ3) is 4.27. The number of halogens is 3. The van der Waals surface area contributed by atoms with Crippen LogP contribution in [0.25, 0.3) is 0 Å². The number of nitrogens with zero attached hydrogens (tertiary/aromatic N) is 2. The Labute approximate surface area is 146 Å². The van der Waals surface area contributed by atoms with Gasteiger partial charge < -0.3 is 10.6 Å². The van der Waals surface area contributed by atoms with Crippen molar-refractivity contribution in [2.75, 3.05) is 10.6 Å². The van der Waals surface area contributed by atoms with Gasteiger partial charge in [0.2, 0.25) is 0 Å². The number of aromatic nitrogens is 2. The molecular formula is C17H11ClF2N4O. The van der Waals surface area contributed by atoms with Crippen molar-refractivity contribution < 1.29 is 13.6 Å². The lowest BCUT2D eigenvalue weighted by Gasteiger charge is -2.07. The number of carbonyl (C=O) groups is 1. The summed E-state index contributed by atoms with van der Waals surface area (Å²) in [6, 6.07) is 12.6. The number of hydrogen-bond donors (Lipinski definition) is 2. The van der Waals surface area contributed by atoms with Crippen molar-refractivity contribution in [3.8, 4) is 0 Å². The maximum absolute atomic E-state index is 13.1. The molecule has 0 saturated heterocycles. The summed E-state index contributed by atoms with van der Waals surface area (Å²) in [5.74, 6) is -1.03. The van der Waals surface area contributed by atoms with Gasteiger partial charge in [-0.1, -0.05) is 11.6 Å². The van der Waals surface area contributed by atoms with Crippen LogP contribution in [0.3, 0.4) is 0 Å². The smallest absolute Gasteiger partial charge is 0.276 e. The molecule has 0 aliphatic rings. The SMILES string of the molecule is O=C(Nc1ccc(F)c(Cl)c1)c1ccc(Nc2ccc(F)cc2)nn1. The van der Waals surface area contributed by atoms with Crippen LogP contribution in [-0.4, -0.2) is 16.1 Å². The van der Waals surface area contributed by atoms with Crippen LogP contribution in [0.4, 0.5) is 26.0 Å². The predicted molar refractivity (Wildman–Crippen MR) is 91.1 cm³/mol. The van der Waals surface area contributed by atoms with Crippen molar-refractivity contribution in [1.29, 1.82) is 0 Å². The molecule has 1 heterocycles. The molecule has 2 N–H and O–H groups in total. The monoisotopic (exact) mass is 360 g/mol. The third-order valence-electron chi connectivity index (χ3n) is 3.19. The third-order valence-corrected chi connectivity index (χ3v) is 3.48. The van der Waals surface area contributed by atoms with E-state index in [1.807, 2.05) is 0 Å². The maximum atomic E-state index is 13.1. The number of anilines is 3. The van der Waals surface area contributed by atoms with Gasteiger partial charge in [0, 0.05) is 11.4 Å². The van der Waals surface area contributed by atoms with E-state index in [1.165, 1.54) is 30.3 Å². The standard InChI is InChI=1S/C17H11ClF2N4O/c18-13-9-12(5-6-14(13)20)22-17(25)15-7-8-16(24-23-15)21-11-3-1-10(19)2-4-11/h1-9H,(H,21,24)(H,22,25). The fourth-order valence-electron chi connectivity index (χ4n) is 1.97. The predicted octanol–water partition coefficient (Wildman–Crippen LogP) is 4.40. The Morgan fingerprint density at radius 2 is 1.64 bits per heavy atom. The molecule has 25 heavy (non-hydrogen) atoms. The Bertz CT molecular complexity index is 902. The highest BCUT2D eigenvalue weighted by atomic mass is 35.5. The van der Waals surface area contributed by atoms with Crippen molar-refractivity contribution in [2.24, 2.45) is 0 Å². The van der Waals surface area contributed by atoms with Gasteiger partial charge in [-0.05, 0) is 54.6 Å². The largest absolute Gasteiger partial charge is 0.339 e. The summed E-state index contributed by atoms with van der Waals surface area (Å²) in [7, 11) is 0. The summed E-state index contributed by atoms with van der Waals surface area (Å²) in [4.78, 5) is 12.1. The van der Waals surface area contributed by atoms with Crippen molar-refractivity contribution in [3.05, 3.63) is 76.9 Å². The van der Waals surface area contributed by atoms with E-state index in [-0.39, 0.29) is 16.5 Å². The minimum absolute atomic E-state index is 0.0742. The zero-order chi connectivity index (χ0) is 17.8. The first-order valence-electron chi connectivity index (χ1n) is 7.14. The summed E-state index contributed by atoms with van der Waals surface area (Å²) in [6.07, 6.45) is 0. The Morgan fingerprint density at radius 3 is 2.28 bits per heavy atom. The average Bonchev–Trinajstić information content (AvgIpc) is 2.61. The van der Waals surface area contributed by atoms with E-state index >= 15 is 0 Å². The lowest BCUT2D eigenvalue weighted by molar-refractivity contribution is 0.102.